The van der Waals surface area contributed by atoms with Crippen LogP contribution in [0.4, 0.5) is 0 Å². The average molecular weight is 688 g/mol. The highest BCUT2D eigenvalue weighted by molar-refractivity contribution is 9.15. The zero-order valence-electron chi connectivity index (χ0n) is 17.1. The van der Waals surface area contributed by atoms with Crippen LogP contribution in [0.25, 0.3) is 0 Å². The predicted molar refractivity (Wildman–Crippen MR) is 128 cm³/mol. The number of amides is 4. The van der Waals surface area contributed by atoms with E-state index in [2.05, 4.69) is 69.0 Å². The van der Waals surface area contributed by atoms with E-state index in [1.54, 1.807) is 0 Å². The molecule has 8 nitrogen and oxygen atoms in total. The summed E-state index contributed by atoms with van der Waals surface area (Å²) < 4.78 is 1.77. The van der Waals surface area contributed by atoms with Gasteiger partial charge in [0.2, 0.25) is 0 Å². The largest absolute Gasteiger partial charge is 0.361 e. The number of halogens is 4. The Morgan fingerprint density at radius 2 is 1.29 bits per heavy atom. The molecule has 0 atom stereocenters. The molecule has 1 aromatic carbocycles. The van der Waals surface area contributed by atoms with Crippen molar-refractivity contribution in [3.05, 3.63) is 29.0 Å². The molecule has 1 fully saturated rings. The van der Waals surface area contributed by atoms with Gasteiger partial charge in [-0.25, -0.2) is 5.01 Å². The third kappa shape index (κ3) is 4.25. The van der Waals surface area contributed by atoms with Gasteiger partial charge in [0.25, 0.3) is 11.8 Å². The van der Waals surface area contributed by atoms with Gasteiger partial charge in [-0.3, -0.25) is 19.2 Å². The lowest BCUT2D eigenvalue weighted by atomic mass is 9.79. The summed E-state index contributed by atoms with van der Waals surface area (Å²) in [5.74, 6) is -3.79. The Hall–Kier alpha value is -0.820. The van der Waals surface area contributed by atoms with Gasteiger partial charge in [-0.15, -0.1) is 0 Å². The van der Waals surface area contributed by atoms with E-state index in [0.717, 1.165) is 10.0 Å². The number of rotatable bonds is 2. The molecule has 0 unspecified atom stereocenters. The van der Waals surface area contributed by atoms with Crippen LogP contribution in [0.2, 0.25) is 0 Å². The standard InChI is InChI=1S/C19H20Br4N4O4/c1-18(2)5-7(6-19(3,4)25-18)26(17(31)14(24)28)27-15(29)8-9(16(27)30)11(21)13(23)12(22)10(8)20/h7,25H,5-6H2,1-4H3,(H2,24,28). The number of nitrogens with one attached hydrogen (secondary N) is 1. The smallest absolute Gasteiger partial charge is 0.330 e. The van der Waals surface area contributed by atoms with Gasteiger partial charge in [0.05, 0.1) is 17.2 Å². The lowest BCUT2D eigenvalue weighted by Gasteiger charge is -2.50. The molecular formula is C19H20Br4N4O4. The fourth-order valence-corrected chi connectivity index (χ4v) is 6.96. The van der Waals surface area contributed by atoms with Crippen molar-refractivity contribution in [1.82, 2.24) is 15.3 Å². The van der Waals surface area contributed by atoms with E-state index in [4.69, 9.17) is 5.73 Å². The van der Waals surface area contributed by atoms with Gasteiger partial charge in [-0.1, -0.05) is 0 Å². The van der Waals surface area contributed by atoms with E-state index in [0.29, 0.717) is 30.7 Å². The Bertz CT molecular complexity index is 977. The van der Waals surface area contributed by atoms with Gasteiger partial charge in [0.15, 0.2) is 0 Å². The summed E-state index contributed by atoms with van der Waals surface area (Å²) in [6.45, 7) is 7.82. The topological polar surface area (TPSA) is 113 Å². The number of carbonyl (C=O) groups is 4. The van der Waals surface area contributed by atoms with Gasteiger partial charge in [-0.2, -0.15) is 5.01 Å². The average Bonchev–Trinajstić information content (AvgIpc) is 2.87. The molecule has 0 bridgehead atoms. The molecule has 4 amide bonds. The van der Waals surface area contributed by atoms with Crippen LogP contribution in [0.1, 0.15) is 61.3 Å². The van der Waals surface area contributed by atoms with Crippen molar-refractivity contribution in [1.29, 1.82) is 0 Å². The summed E-state index contributed by atoms with van der Waals surface area (Å²) in [5.41, 5.74) is 4.65. The molecule has 2 heterocycles. The van der Waals surface area contributed by atoms with E-state index in [9.17, 15) is 19.2 Å². The first kappa shape index (κ1) is 24.8. The molecule has 168 valence electrons. The Labute approximate surface area is 213 Å². The number of nitrogens with zero attached hydrogens (tertiary/aromatic N) is 2. The lowest BCUT2D eigenvalue weighted by molar-refractivity contribution is -0.157. The van der Waals surface area contributed by atoms with Crippen LogP contribution in [0, 0.1) is 0 Å². The summed E-state index contributed by atoms with van der Waals surface area (Å²) in [7, 11) is 0. The van der Waals surface area contributed by atoms with Crippen molar-refractivity contribution in [2.45, 2.75) is 57.7 Å². The van der Waals surface area contributed by atoms with Gasteiger partial charge in [0.1, 0.15) is 0 Å². The molecule has 2 aliphatic heterocycles. The first-order valence-electron chi connectivity index (χ1n) is 9.26. The monoisotopic (exact) mass is 684 g/mol. The van der Waals surface area contributed by atoms with Gasteiger partial charge < -0.3 is 11.1 Å². The first-order valence-corrected chi connectivity index (χ1v) is 12.4. The van der Waals surface area contributed by atoms with Crippen molar-refractivity contribution in [3.8, 4) is 0 Å². The molecule has 0 spiro atoms. The van der Waals surface area contributed by atoms with Crippen LogP contribution < -0.4 is 11.1 Å². The van der Waals surface area contributed by atoms with Crippen LogP contribution in [0.15, 0.2) is 17.9 Å². The molecule has 2 aliphatic rings. The molecule has 1 saturated heterocycles. The highest BCUT2D eigenvalue weighted by atomic mass is 79.9. The molecular weight excluding hydrogens is 668 g/mol. The summed E-state index contributed by atoms with van der Waals surface area (Å²) in [5, 5.41) is 5.17. The molecule has 1 aromatic rings. The Balaban J connectivity index is 2.18. The Morgan fingerprint density at radius 3 is 1.65 bits per heavy atom. The molecule has 3 rings (SSSR count). The lowest BCUT2D eigenvalue weighted by Crippen LogP contribution is -2.66. The molecule has 0 saturated carbocycles. The minimum atomic E-state index is -1.24. The highest BCUT2D eigenvalue weighted by Gasteiger charge is 2.51. The van der Waals surface area contributed by atoms with Gasteiger partial charge >= 0.3 is 11.8 Å². The molecule has 0 radical (unpaired) electrons. The van der Waals surface area contributed by atoms with Crippen molar-refractivity contribution >= 4 is 87.3 Å². The molecule has 0 aromatic heterocycles. The number of hydrazine groups is 1. The molecule has 31 heavy (non-hydrogen) atoms. The molecule has 0 aliphatic carbocycles. The number of fused-ring (bicyclic) bond motifs is 1. The predicted octanol–water partition coefficient (Wildman–Crippen LogP) is 3.87. The second kappa shape index (κ2) is 8.19. The van der Waals surface area contributed by atoms with Crippen LogP contribution in [0.5, 0.6) is 0 Å². The molecule has 3 N–H and O–H groups in total. The number of imide groups is 1. The fraction of sp³-hybridized carbons (Fsp3) is 0.474. The van der Waals surface area contributed by atoms with Crippen molar-refractivity contribution in [3.63, 3.8) is 0 Å². The number of primary amides is 1. The van der Waals surface area contributed by atoms with Crippen molar-refractivity contribution in [2.75, 3.05) is 0 Å². The first-order chi connectivity index (χ1) is 14.1. The molecule has 12 heteroatoms. The van der Waals surface area contributed by atoms with Gasteiger partial charge in [-0.05, 0) is 104 Å². The number of hydrogen-bond acceptors (Lipinski definition) is 5. The number of piperidine rings is 1. The zero-order chi connectivity index (χ0) is 23.6. The maximum Gasteiger partial charge on any atom is 0.330 e. The Morgan fingerprint density at radius 1 is 0.903 bits per heavy atom. The van der Waals surface area contributed by atoms with Gasteiger partial charge in [0, 0.05) is 29.0 Å². The normalized spacial score (nSPS) is 20.1. The van der Waals surface area contributed by atoms with E-state index >= 15 is 0 Å². The summed E-state index contributed by atoms with van der Waals surface area (Å²) in [6, 6.07) is -0.613. The van der Waals surface area contributed by atoms with Crippen LogP contribution in [-0.4, -0.2) is 50.8 Å². The van der Waals surface area contributed by atoms with Crippen LogP contribution >= 0.6 is 63.7 Å². The SMILES string of the molecule is CC1(C)CC(N(C(=O)C(N)=O)N2C(=O)c3c(Br)c(Br)c(Br)c(Br)c3C2=O)CC(C)(C)N1. The number of carbonyl (C=O) groups excluding carboxylic acids is 4. The summed E-state index contributed by atoms with van der Waals surface area (Å²) >= 11 is 13.5. The minimum absolute atomic E-state index is 0.0849. The maximum absolute atomic E-state index is 13.4. The van der Waals surface area contributed by atoms with Crippen LogP contribution in [-0.2, 0) is 9.59 Å². The van der Waals surface area contributed by atoms with E-state index < -0.39 is 40.7 Å². The van der Waals surface area contributed by atoms with E-state index in [1.165, 1.54) is 0 Å². The third-order valence-corrected chi connectivity index (χ3v) is 10.00. The summed E-state index contributed by atoms with van der Waals surface area (Å²) in [6.07, 6.45) is 0.803. The Kier molecular flexibility index (Phi) is 6.56. The number of nitrogens with two attached hydrogens (primary N) is 1. The van der Waals surface area contributed by atoms with E-state index in [-0.39, 0.29) is 11.1 Å². The number of benzene rings is 1. The minimum Gasteiger partial charge on any atom is -0.361 e. The van der Waals surface area contributed by atoms with Crippen molar-refractivity contribution in [2.24, 2.45) is 5.73 Å². The van der Waals surface area contributed by atoms with Crippen LogP contribution in [0.3, 0.4) is 0 Å². The highest BCUT2D eigenvalue weighted by Crippen LogP contribution is 2.46. The zero-order valence-corrected chi connectivity index (χ0v) is 23.5. The third-order valence-electron chi connectivity index (χ3n) is 5.23. The summed E-state index contributed by atoms with van der Waals surface area (Å²) in [4.78, 5) is 51.7. The van der Waals surface area contributed by atoms with Crippen molar-refractivity contribution < 1.29 is 19.2 Å². The van der Waals surface area contributed by atoms with E-state index in [1.807, 2.05) is 27.7 Å². The number of hydrogen-bond donors (Lipinski definition) is 2. The maximum atomic E-state index is 13.4. The quantitative estimate of drug-likeness (QED) is 0.212. The fourth-order valence-electron chi connectivity index (χ4n) is 4.51. The second-order valence-electron chi connectivity index (χ2n) is 8.90. The second-order valence-corrected chi connectivity index (χ2v) is 12.1.